The summed E-state index contributed by atoms with van der Waals surface area (Å²) in [6.45, 7) is -0.958. The molecule has 0 aromatic rings. The largest absolute Gasteiger partial charge is 0.509 e. The lowest BCUT2D eigenvalue weighted by Gasteiger charge is -2.40. The highest BCUT2D eigenvalue weighted by molar-refractivity contribution is 5.73. The Morgan fingerprint density at radius 3 is 1.96 bits per heavy atom. The standard InChI is InChI=1S/C43H73NO24/c1-17-34(54)25(51)4-20(65-17)12-63-42-5-22(42)33(44-19(3)50)31(66-28(9-47)24(42)14-61-15-32-38(58)39(59)37(57)29(10-48)67-32)16-64-43-6-23(43)36(56)40(68-30(11-49)41(43)60)18(2)62-13-21(26(52)7-45)35(55)27(53)8-46/h17-18,20-24,26-33,35-41,45-49,51-60H,4-16H2,1-3H3,(H,44,50)/t17?,18-,20-,21-,22?,23?,24?,26?,27-,28?,29?,30?,31+,32+,33?,35?,36?,37+,38?,39?,40+,41?,42-,43-/m1/s1. The number of aliphatic hydroxyl groups is 15. The Labute approximate surface area is 392 Å². The van der Waals surface area contributed by atoms with E-state index in [1.165, 1.54) is 13.8 Å². The Hall–Kier alpha value is -2.03. The minimum atomic E-state index is -1.72. The fraction of sp³-hybridized carbons (Fsp3) is 0.930. The number of hydrogen-bond acceptors (Lipinski definition) is 24. The van der Waals surface area contributed by atoms with Gasteiger partial charge >= 0.3 is 0 Å². The van der Waals surface area contributed by atoms with Crippen molar-refractivity contribution in [3.05, 3.63) is 11.5 Å². The first-order valence-corrected chi connectivity index (χ1v) is 23.2. The number of carbonyl (C=O) groups is 1. The van der Waals surface area contributed by atoms with Crippen molar-refractivity contribution in [3.63, 3.8) is 0 Å². The van der Waals surface area contributed by atoms with Crippen molar-refractivity contribution in [2.24, 2.45) is 23.7 Å². The van der Waals surface area contributed by atoms with Gasteiger partial charge in [-0.15, -0.1) is 0 Å². The molecule has 0 bridgehead atoms. The summed E-state index contributed by atoms with van der Waals surface area (Å²) in [5.41, 5.74) is -2.78. The molecule has 68 heavy (non-hydrogen) atoms. The molecule has 16 N–H and O–H groups in total. The van der Waals surface area contributed by atoms with Gasteiger partial charge in [-0.2, -0.15) is 0 Å². The summed E-state index contributed by atoms with van der Waals surface area (Å²) in [6.07, 6.45) is -22.4. The third kappa shape index (κ3) is 11.4. The number of amides is 1. The molecule has 2 saturated carbocycles. The third-order valence-corrected chi connectivity index (χ3v) is 14.8. The van der Waals surface area contributed by atoms with E-state index in [9.17, 15) is 81.4 Å². The quantitative estimate of drug-likeness (QED) is 0.0452. The number of nitrogens with one attached hydrogen (secondary N) is 1. The van der Waals surface area contributed by atoms with Crippen molar-refractivity contribution in [1.29, 1.82) is 0 Å². The molecular weight excluding hydrogens is 914 g/mol. The second kappa shape index (κ2) is 23.2. The van der Waals surface area contributed by atoms with Crippen LogP contribution in [0.25, 0.3) is 0 Å². The van der Waals surface area contributed by atoms with Crippen LogP contribution >= 0.6 is 0 Å². The molecule has 2 aliphatic carbocycles. The SMILES string of the molecule is CC(=O)NC1C2C[C@]2(OC[C@H]2CC(O)=C(O)C(C)O2)C(COC[C@@H]2OC(CO)[C@H](O)C(O)C2O)C(CO)O[C@H]1CO[C@]12CC1C(O)[C@H]([C@@H](C)OC[C@H](C(O)CO)C(O)[C@H](O)CO)OC(CO)C2O. The van der Waals surface area contributed by atoms with Gasteiger partial charge in [0, 0.05) is 37.0 Å². The van der Waals surface area contributed by atoms with Crippen LogP contribution in [0.4, 0.5) is 0 Å². The molecule has 6 rings (SSSR count). The molecule has 14 unspecified atom stereocenters. The van der Waals surface area contributed by atoms with E-state index in [1.807, 2.05) is 0 Å². The molecule has 24 atom stereocenters. The first kappa shape index (κ1) is 55.3. The Bertz CT molecular complexity index is 1660. The normalized spacial score (nSPS) is 43.8. The summed E-state index contributed by atoms with van der Waals surface area (Å²) in [5, 5.41) is 159. The predicted octanol–water partition coefficient (Wildman–Crippen LogP) is -6.65. The van der Waals surface area contributed by atoms with Crippen molar-refractivity contribution in [2.75, 3.05) is 66.1 Å². The maximum absolute atomic E-state index is 12.9. The molecule has 1 amide bonds. The molecule has 394 valence electrons. The fourth-order valence-electron chi connectivity index (χ4n) is 10.6. The third-order valence-electron chi connectivity index (χ3n) is 14.8. The molecule has 0 aromatic carbocycles. The van der Waals surface area contributed by atoms with Crippen LogP contribution in [0.3, 0.4) is 0 Å². The summed E-state index contributed by atoms with van der Waals surface area (Å²) in [7, 11) is 0. The van der Waals surface area contributed by atoms with E-state index in [4.69, 9.17) is 37.9 Å². The lowest BCUT2D eigenvalue weighted by Crippen LogP contribution is -2.59. The van der Waals surface area contributed by atoms with Crippen LogP contribution in [-0.4, -0.2) is 270 Å². The van der Waals surface area contributed by atoms with Gasteiger partial charge in [0.1, 0.15) is 78.5 Å². The Balaban J connectivity index is 1.22. The van der Waals surface area contributed by atoms with Crippen molar-refractivity contribution >= 4 is 5.91 Å². The lowest BCUT2D eigenvalue weighted by molar-refractivity contribution is -0.241. The summed E-state index contributed by atoms with van der Waals surface area (Å²) >= 11 is 0. The van der Waals surface area contributed by atoms with Crippen molar-refractivity contribution < 1.29 is 119 Å². The van der Waals surface area contributed by atoms with Crippen LogP contribution in [0.1, 0.15) is 40.0 Å². The molecule has 0 radical (unpaired) electrons. The molecule has 5 fully saturated rings. The molecule has 3 saturated heterocycles. The molecule has 25 heteroatoms. The zero-order valence-electron chi connectivity index (χ0n) is 38.3. The smallest absolute Gasteiger partial charge is 0.217 e. The van der Waals surface area contributed by atoms with Gasteiger partial charge in [0.05, 0.1) is 114 Å². The van der Waals surface area contributed by atoms with Crippen LogP contribution in [0.15, 0.2) is 11.5 Å². The van der Waals surface area contributed by atoms with Crippen molar-refractivity contribution in [1.82, 2.24) is 5.32 Å². The summed E-state index contributed by atoms with van der Waals surface area (Å²) in [4.78, 5) is 12.9. The van der Waals surface area contributed by atoms with Gasteiger partial charge in [0.15, 0.2) is 5.76 Å². The van der Waals surface area contributed by atoms with Gasteiger partial charge in [-0.25, -0.2) is 0 Å². The highest BCUT2D eigenvalue weighted by Crippen LogP contribution is 2.60. The molecule has 4 heterocycles. The summed E-state index contributed by atoms with van der Waals surface area (Å²) < 4.78 is 49.3. The second-order valence-electron chi connectivity index (χ2n) is 19.2. The van der Waals surface area contributed by atoms with Gasteiger partial charge in [-0.1, -0.05) is 0 Å². The minimum Gasteiger partial charge on any atom is -0.509 e. The average molecular weight is 988 g/mol. The van der Waals surface area contributed by atoms with Crippen molar-refractivity contribution in [3.8, 4) is 0 Å². The Kier molecular flexibility index (Phi) is 18.9. The number of carbonyl (C=O) groups excluding carboxylic acids is 1. The van der Waals surface area contributed by atoms with Gasteiger partial charge in [0.25, 0.3) is 0 Å². The number of fused-ring (bicyclic) bond motifs is 2. The monoisotopic (exact) mass is 987 g/mol. The van der Waals surface area contributed by atoms with Crippen LogP contribution in [-0.2, 0) is 42.7 Å². The van der Waals surface area contributed by atoms with Gasteiger partial charge < -0.3 is 120 Å². The van der Waals surface area contributed by atoms with Gasteiger partial charge in [0.2, 0.25) is 5.91 Å². The number of rotatable bonds is 23. The van der Waals surface area contributed by atoms with E-state index in [0.717, 1.165) is 0 Å². The highest BCUT2D eigenvalue weighted by atomic mass is 16.6. The van der Waals surface area contributed by atoms with Crippen LogP contribution in [0.2, 0.25) is 0 Å². The van der Waals surface area contributed by atoms with Crippen LogP contribution in [0, 0.1) is 23.7 Å². The zero-order valence-corrected chi connectivity index (χ0v) is 38.3. The Morgan fingerprint density at radius 2 is 1.34 bits per heavy atom. The van der Waals surface area contributed by atoms with E-state index >= 15 is 0 Å². The highest BCUT2D eigenvalue weighted by Gasteiger charge is 2.71. The van der Waals surface area contributed by atoms with E-state index in [0.29, 0.717) is 0 Å². The predicted molar refractivity (Wildman–Crippen MR) is 225 cm³/mol. The van der Waals surface area contributed by atoms with Gasteiger partial charge in [-0.3, -0.25) is 4.79 Å². The molecule has 0 aromatic heterocycles. The number of aliphatic hydroxyl groups excluding tert-OH is 15. The summed E-state index contributed by atoms with van der Waals surface area (Å²) in [5.74, 6) is -4.61. The molecular formula is C43H73NO24. The molecule has 4 aliphatic heterocycles. The number of hydrogen-bond donors (Lipinski definition) is 16. The van der Waals surface area contributed by atoms with Crippen LogP contribution in [0.5, 0.6) is 0 Å². The second-order valence-corrected chi connectivity index (χ2v) is 19.2. The lowest BCUT2D eigenvalue weighted by atomic mass is 9.91. The molecule has 25 nitrogen and oxygen atoms in total. The first-order valence-electron chi connectivity index (χ1n) is 23.2. The molecule has 6 aliphatic rings. The minimum absolute atomic E-state index is 0.0498. The Morgan fingerprint density at radius 1 is 0.721 bits per heavy atom. The summed E-state index contributed by atoms with van der Waals surface area (Å²) in [6, 6.07) is -0.894. The molecule has 0 spiro atoms. The van der Waals surface area contributed by atoms with E-state index < -0.39 is 190 Å². The van der Waals surface area contributed by atoms with E-state index in [2.05, 4.69) is 5.32 Å². The van der Waals surface area contributed by atoms with Gasteiger partial charge in [-0.05, 0) is 26.7 Å². The zero-order chi connectivity index (χ0) is 50.0. The maximum atomic E-state index is 12.9. The average Bonchev–Trinajstić information content (AvgIpc) is 4.25. The number of ether oxygens (including phenoxy) is 8. The van der Waals surface area contributed by atoms with E-state index in [-0.39, 0.29) is 57.2 Å². The van der Waals surface area contributed by atoms with Crippen molar-refractivity contribution in [2.45, 2.75) is 161 Å². The van der Waals surface area contributed by atoms with Crippen LogP contribution < -0.4 is 5.32 Å². The fourth-order valence-corrected chi connectivity index (χ4v) is 10.6. The van der Waals surface area contributed by atoms with E-state index in [1.54, 1.807) is 6.92 Å². The first-order chi connectivity index (χ1) is 32.2. The maximum Gasteiger partial charge on any atom is 0.217 e. The topological polar surface area (TPSA) is 406 Å².